The van der Waals surface area contributed by atoms with Crippen molar-refractivity contribution >= 4 is 34.8 Å². The highest BCUT2D eigenvalue weighted by molar-refractivity contribution is 5.94. The lowest BCUT2D eigenvalue weighted by Crippen LogP contribution is -3.13. The number of hydrogen-bond acceptors (Lipinski definition) is 3. The maximum atomic E-state index is 12.3. The van der Waals surface area contributed by atoms with Crippen molar-refractivity contribution < 1.29 is 19.3 Å². The van der Waals surface area contributed by atoms with Gasteiger partial charge in [0, 0.05) is 24.0 Å². The van der Waals surface area contributed by atoms with E-state index < -0.39 is 0 Å². The maximum Gasteiger partial charge on any atom is 0.279 e. The molecule has 0 radical (unpaired) electrons. The average Bonchev–Trinajstić information content (AvgIpc) is 2.65. The first kappa shape index (κ1) is 22.1. The molecule has 0 spiro atoms. The highest BCUT2D eigenvalue weighted by Crippen LogP contribution is 2.14. The molecular formula is C22H29N4O3+. The molecule has 0 aromatic heterocycles. The molecule has 0 saturated carbocycles. The summed E-state index contributed by atoms with van der Waals surface area (Å²) in [6, 6.07) is 12.7. The number of rotatable bonds is 8. The van der Waals surface area contributed by atoms with E-state index in [1.807, 2.05) is 39.0 Å². The third kappa shape index (κ3) is 7.38. The third-order valence-electron chi connectivity index (χ3n) is 4.60. The van der Waals surface area contributed by atoms with Gasteiger partial charge in [0.1, 0.15) is 0 Å². The molecule has 0 fully saturated rings. The topological polar surface area (TPSA) is 91.7 Å². The van der Waals surface area contributed by atoms with E-state index in [4.69, 9.17) is 0 Å². The van der Waals surface area contributed by atoms with E-state index in [1.54, 1.807) is 24.3 Å². The highest BCUT2D eigenvalue weighted by atomic mass is 16.2. The van der Waals surface area contributed by atoms with Gasteiger partial charge < -0.3 is 20.9 Å². The van der Waals surface area contributed by atoms with Crippen LogP contribution in [0, 0.1) is 13.8 Å². The Morgan fingerprint density at radius 3 is 1.72 bits per heavy atom. The summed E-state index contributed by atoms with van der Waals surface area (Å²) in [6.07, 6.45) is 0. The van der Waals surface area contributed by atoms with Gasteiger partial charge >= 0.3 is 0 Å². The minimum atomic E-state index is -0.173. The minimum absolute atomic E-state index is 0.127. The van der Waals surface area contributed by atoms with Gasteiger partial charge in [-0.1, -0.05) is 6.07 Å². The van der Waals surface area contributed by atoms with E-state index in [1.165, 1.54) is 12.5 Å². The lowest BCUT2D eigenvalue weighted by atomic mass is 10.1. The molecule has 2 aromatic carbocycles. The Morgan fingerprint density at radius 1 is 0.759 bits per heavy atom. The van der Waals surface area contributed by atoms with Gasteiger partial charge in [-0.15, -0.1) is 0 Å². The number of likely N-dealkylation sites (N-methyl/N-ethyl adjacent to an activating group) is 1. The average molecular weight is 397 g/mol. The number of nitrogens with one attached hydrogen (secondary N) is 4. The van der Waals surface area contributed by atoms with Crippen LogP contribution in [-0.2, 0) is 14.4 Å². The van der Waals surface area contributed by atoms with Crippen molar-refractivity contribution in [2.24, 2.45) is 0 Å². The Hall–Kier alpha value is -3.19. The lowest BCUT2D eigenvalue weighted by molar-refractivity contribution is -0.881. The van der Waals surface area contributed by atoms with E-state index in [9.17, 15) is 14.4 Å². The Labute approximate surface area is 171 Å². The second kappa shape index (κ2) is 10.4. The number of hydrogen-bond donors (Lipinski definition) is 4. The summed E-state index contributed by atoms with van der Waals surface area (Å²) >= 11 is 0. The molecule has 2 aromatic rings. The third-order valence-corrected chi connectivity index (χ3v) is 4.60. The molecule has 0 aliphatic heterocycles. The van der Waals surface area contributed by atoms with Gasteiger partial charge in [-0.25, -0.2) is 0 Å². The summed E-state index contributed by atoms with van der Waals surface area (Å²) in [5, 5.41) is 8.39. The van der Waals surface area contributed by atoms with Crippen LogP contribution in [0.1, 0.15) is 25.0 Å². The van der Waals surface area contributed by atoms with Gasteiger partial charge in [-0.3, -0.25) is 14.4 Å². The summed E-state index contributed by atoms with van der Waals surface area (Å²) in [6.45, 7) is 8.44. The van der Waals surface area contributed by atoms with Crippen LogP contribution in [0.2, 0.25) is 0 Å². The molecule has 3 amide bonds. The van der Waals surface area contributed by atoms with Crippen molar-refractivity contribution in [3.8, 4) is 0 Å². The molecule has 2 rings (SSSR count). The minimum Gasteiger partial charge on any atom is -0.326 e. The van der Waals surface area contributed by atoms with Crippen LogP contribution in [0.3, 0.4) is 0 Å². The van der Waals surface area contributed by atoms with E-state index in [2.05, 4.69) is 16.0 Å². The normalized spacial score (nSPS) is 11.4. The molecule has 0 aliphatic carbocycles. The van der Waals surface area contributed by atoms with E-state index >= 15 is 0 Å². The number of anilines is 3. The van der Waals surface area contributed by atoms with Crippen molar-refractivity contribution in [1.29, 1.82) is 0 Å². The standard InChI is InChI=1S/C22H28N4O3/c1-5-26(14-22(29)25-20-7-6-15(2)16(3)12-20)13-21(28)24-19-10-8-18(9-11-19)23-17(4)27/h6-12H,5,13-14H2,1-4H3,(H,23,27)(H,24,28)(H,25,29)/p+1. The van der Waals surface area contributed by atoms with Crippen molar-refractivity contribution in [2.45, 2.75) is 27.7 Å². The lowest BCUT2D eigenvalue weighted by Gasteiger charge is -2.17. The van der Waals surface area contributed by atoms with Gasteiger partial charge in [-0.05, 0) is 68.3 Å². The number of amides is 3. The van der Waals surface area contributed by atoms with E-state index in [0.717, 1.165) is 16.2 Å². The van der Waals surface area contributed by atoms with Crippen LogP contribution >= 0.6 is 0 Å². The second-order valence-electron chi connectivity index (χ2n) is 7.11. The highest BCUT2D eigenvalue weighted by Gasteiger charge is 2.17. The molecule has 0 bridgehead atoms. The number of aryl methyl sites for hydroxylation is 2. The van der Waals surface area contributed by atoms with Gasteiger partial charge in [0.25, 0.3) is 11.8 Å². The largest absolute Gasteiger partial charge is 0.326 e. The van der Waals surface area contributed by atoms with Crippen LogP contribution in [0.15, 0.2) is 42.5 Å². The summed E-state index contributed by atoms with van der Waals surface area (Å²) in [7, 11) is 0. The first-order valence-electron chi connectivity index (χ1n) is 9.65. The fraction of sp³-hybridized carbons (Fsp3) is 0.318. The van der Waals surface area contributed by atoms with Crippen molar-refractivity contribution in [3.05, 3.63) is 53.6 Å². The van der Waals surface area contributed by atoms with Crippen LogP contribution in [0.25, 0.3) is 0 Å². The smallest absolute Gasteiger partial charge is 0.279 e. The van der Waals surface area contributed by atoms with Gasteiger partial charge in [0.15, 0.2) is 13.1 Å². The fourth-order valence-electron chi connectivity index (χ4n) is 2.84. The fourth-order valence-corrected chi connectivity index (χ4v) is 2.84. The zero-order valence-corrected chi connectivity index (χ0v) is 17.4. The van der Waals surface area contributed by atoms with Gasteiger partial charge in [0.05, 0.1) is 6.54 Å². The van der Waals surface area contributed by atoms with Gasteiger partial charge in [-0.2, -0.15) is 0 Å². The SMILES string of the molecule is CC[NH+](CC(=O)Nc1ccc(NC(C)=O)cc1)CC(=O)Nc1ccc(C)c(C)c1. The first-order chi connectivity index (χ1) is 13.8. The molecule has 1 unspecified atom stereocenters. The predicted octanol–water partition coefficient (Wildman–Crippen LogP) is 1.74. The Balaban J connectivity index is 1.86. The molecular weight excluding hydrogens is 368 g/mol. The van der Waals surface area contributed by atoms with Crippen molar-refractivity contribution in [2.75, 3.05) is 35.6 Å². The van der Waals surface area contributed by atoms with Crippen LogP contribution in [0.4, 0.5) is 17.1 Å². The monoisotopic (exact) mass is 397 g/mol. The quantitative estimate of drug-likeness (QED) is 0.547. The van der Waals surface area contributed by atoms with Crippen molar-refractivity contribution in [1.82, 2.24) is 0 Å². The molecule has 0 aliphatic rings. The Morgan fingerprint density at radius 2 is 1.24 bits per heavy atom. The van der Waals surface area contributed by atoms with E-state index in [-0.39, 0.29) is 30.8 Å². The first-order valence-corrected chi connectivity index (χ1v) is 9.65. The van der Waals surface area contributed by atoms with Crippen LogP contribution < -0.4 is 20.9 Å². The van der Waals surface area contributed by atoms with Gasteiger partial charge in [0.2, 0.25) is 5.91 Å². The molecule has 1 atom stereocenters. The molecule has 0 heterocycles. The van der Waals surface area contributed by atoms with E-state index in [0.29, 0.717) is 17.9 Å². The molecule has 154 valence electrons. The molecule has 4 N–H and O–H groups in total. The zero-order valence-electron chi connectivity index (χ0n) is 17.4. The maximum absolute atomic E-state index is 12.3. The summed E-state index contributed by atoms with van der Waals surface area (Å²) in [4.78, 5) is 36.6. The Bertz CT molecular complexity index is 878. The summed E-state index contributed by atoms with van der Waals surface area (Å²) < 4.78 is 0. The van der Waals surface area contributed by atoms with Crippen molar-refractivity contribution in [3.63, 3.8) is 0 Å². The zero-order chi connectivity index (χ0) is 21.4. The predicted molar refractivity (Wildman–Crippen MR) is 115 cm³/mol. The molecule has 7 heteroatoms. The van der Waals surface area contributed by atoms with Crippen LogP contribution in [-0.4, -0.2) is 37.4 Å². The number of carbonyl (C=O) groups is 3. The molecule has 7 nitrogen and oxygen atoms in total. The summed E-state index contributed by atoms with van der Waals surface area (Å²) in [5.74, 6) is -0.450. The van der Waals surface area contributed by atoms with Crippen LogP contribution in [0.5, 0.6) is 0 Å². The molecule has 0 saturated heterocycles. The number of quaternary nitrogens is 1. The Kier molecular flexibility index (Phi) is 7.91. The summed E-state index contributed by atoms with van der Waals surface area (Å²) in [5.41, 5.74) is 4.35. The second-order valence-corrected chi connectivity index (χ2v) is 7.11. The number of carbonyl (C=O) groups excluding carboxylic acids is 3. The number of benzene rings is 2. The molecule has 29 heavy (non-hydrogen) atoms.